The molecule has 0 amide bonds. The minimum atomic E-state index is -0.968. The molecule has 0 aliphatic rings. The number of rotatable bonds is 5. The Morgan fingerprint density at radius 3 is 2.47 bits per heavy atom. The molecule has 0 saturated carbocycles. The van der Waals surface area contributed by atoms with Gasteiger partial charge in [-0.15, -0.1) is 0 Å². The first-order valence-corrected chi connectivity index (χ1v) is 6.19. The van der Waals surface area contributed by atoms with Crippen LogP contribution in [0.5, 0.6) is 0 Å². The predicted octanol–water partition coefficient (Wildman–Crippen LogP) is 1.36. The van der Waals surface area contributed by atoms with Crippen LogP contribution in [0.4, 0.5) is 0 Å². The standard InChI is InChI=1S/C13H21N3O3/c1-8(10-6-14-15-7-10)16-11(9(2)17)12(18)19-13(3,4)5/h6-8,11,16H,1-5H3,(H,14,15). The first kappa shape index (κ1) is 15.4. The van der Waals surface area contributed by atoms with Crippen LogP contribution in [0.2, 0.25) is 0 Å². The van der Waals surface area contributed by atoms with Gasteiger partial charge in [0.15, 0.2) is 11.8 Å². The van der Waals surface area contributed by atoms with Gasteiger partial charge in [-0.05, 0) is 34.6 Å². The summed E-state index contributed by atoms with van der Waals surface area (Å²) < 4.78 is 5.23. The maximum absolute atomic E-state index is 12.0. The van der Waals surface area contributed by atoms with Gasteiger partial charge in [-0.3, -0.25) is 15.2 Å². The first-order chi connectivity index (χ1) is 8.70. The highest BCUT2D eigenvalue weighted by molar-refractivity contribution is 6.02. The van der Waals surface area contributed by atoms with Crippen molar-refractivity contribution in [2.45, 2.75) is 52.3 Å². The van der Waals surface area contributed by atoms with Crippen molar-refractivity contribution in [1.29, 1.82) is 0 Å². The smallest absolute Gasteiger partial charge is 0.331 e. The Balaban J connectivity index is 2.73. The van der Waals surface area contributed by atoms with Crippen molar-refractivity contribution < 1.29 is 14.3 Å². The second-order valence-corrected chi connectivity index (χ2v) is 5.50. The van der Waals surface area contributed by atoms with Gasteiger partial charge >= 0.3 is 5.97 Å². The number of nitrogens with zero attached hydrogens (tertiary/aromatic N) is 1. The van der Waals surface area contributed by atoms with E-state index < -0.39 is 17.6 Å². The van der Waals surface area contributed by atoms with Gasteiger partial charge in [0, 0.05) is 17.8 Å². The van der Waals surface area contributed by atoms with Gasteiger partial charge in [0.1, 0.15) is 5.60 Å². The highest BCUT2D eigenvalue weighted by Crippen LogP contribution is 2.13. The topological polar surface area (TPSA) is 84.1 Å². The lowest BCUT2D eigenvalue weighted by Crippen LogP contribution is -2.46. The number of carbonyl (C=O) groups is 2. The molecule has 0 aliphatic heterocycles. The molecule has 2 N–H and O–H groups in total. The van der Waals surface area contributed by atoms with E-state index in [1.807, 2.05) is 6.92 Å². The van der Waals surface area contributed by atoms with Crippen LogP contribution in [0.1, 0.15) is 46.2 Å². The normalized spacial score (nSPS) is 14.8. The molecule has 0 spiro atoms. The molecule has 19 heavy (non-hydrogen) atoms. The first-order valence-electron chi connectivity index (χ1n) is 6.19. The van der Waals surface area contributed by atoms with Gasteiger partial charge < -0.3 is 4.74 Å². The summed E-state index contributed by atoms with van der Waals surface area (Å²) in [7, 11) is 0. The van der Waals surface area contributed by atoms with Gasteiger partial charge in [-0.25, -0.2) is 4.79 Å². The molecule has 2 atom stereocenters. The predicted molar refractivity (Wildman–Crippen MR) is 70.5 cm³/mol. The van der Waals surface area contributed by atoms with E-state index in [0.717, 1.165) is 5.56 Å². The highest BCUT2D eigenvalue weighted by atomic mass is 16.6. The van der Waals surface area contributed by atoms with Crippen LogP contribution in [0, 0.1) is 0 Å². The van der Waals surface area contributed by atoms with Crippen LogP contribution >= 0.6 is 0 Å². The third-order valence-electron chi connectivity index (χ3n) is 2.49. The molecule has 1 heterocycles. The number of aromatic amines is 1. The fraction of sp³-hybridized carbons (Fsp3) is 0.615. The summed E-state index contributed by atoms with van der Waals surface area (Å²) in [5.74, 6) is -0.833. The van der Waals surface area contributed by atoms with Crippen LogP contribution in [-0.4, -0.2) is 33.6 Å². The molecule has 0 fully saturated rings. The van der Waals surface area contributed by atoms with Crippen LogP contribution in [0.25, 0.3) is 0 Å². The minimum absolute atomic E-state index is 0.180. The number of ether oxygens (including phenoxy) is 1. The largest absolute Gasteiger partial charge is 0.458 e. The van der Waals surface area contributed by atoms with Crippen LogP contribution in [-0.2, 0) is 14.3 Å². The average molecular weight is 267 g/mol. The summed E-state index contributed by atoms with van der Waals surface area (Å²) in [6.45, 7) is 8.51. The van der Waals surface area contributed by atoms with Crippen molar-refractivity contribution in [3.05, 3.63) is 18.0 Å². The summed E-state index contributed by atoms with van der Waals surface area (Å²) in [6.07, 6.45) is 3.36. The molecule has 0 radical (unpaired) electrons. The zero-order valence-electron chi connectivity index (χ0n) is 12.0. The van der Waals surface area contributed by atoms with E-state index in [1.165, 1.54) is 6.92 Å². The van der Waals surface area contributed by atoms with Gasteiger partial charge in [0.05, 0.1) is 6.20 Å². The lowest BCUT2D eigenvalue weighted by atomic mass is 10.1. The summed E-state index contributed by atoms with van der Waals surface area (Å²) >= 11 is 0. The number of Topliss-reactive ketones (excluding diaryl/α,β-unsaturated/α-hetero) is 1. The van der Waals surface area contributed by atoms with E-state index in [1.54, 1.807) is 33.2 Å². The van der Waals surface area contributed by atoms with E-state index in [0.29, 0.717) is 0 Å². The third kappa shape index (κ3) is 4.82. The van der Waals surface area contributed by atoms with Gasteiger partial charge in [-0.2, -0.15) is 5.10 Å². The van der Waals surface area contributed by atoms with Crippen molar-refractivity contribution in [1.82, 2.24) is 15.5 Å². The summed E-state index contributed by atoms with van der Waals surface area (Å²) in [6, 6.07) is -1.15. The second-order valence-electron chi connectivity index (χ2n) is 5.50. The van der Waals surface area contributed by atoms with E-state index in [9.17, 15) is 9.59 Å². The lowest BCUT2D eigenvalue weighted by molar-refractivity contribution is -0.159. The Labute approximate surface area is 112 Å². The summed E-state index contributed by atoms with van der Waals surface area (Å²) in [5, 5.41) is 9.48. The van der Waals surface area contributed by atoms with Crippen LogP contribution < -0.4 is 5.32 Å². The van der Waals surface area contributed by atoms with Gasteiger partial charge in [-0.1, -0.05) is 0 Å². The fourth-order valence-corrected chi connectivity index (χ4v) is 1.56. The molecule has 0 aromatic carbocycles. The molecule has 0 aliphatic carbocycles. The number of esters is 1. The Morgan fingerprint density at radius 1 is 1.42 bits per heavy atom. The van der Waals surface area contributed by atoms with Crippen molar-refractivity contribution >= 4 is 11.8 Å². The number of hydrogen-bond acceptors (Lipinski definition) is 5. The van der Waals surface area contributed by atoms with Gasteiger partial charge in [0.25, 0.3) is 0 Å². The van der Waals surface area contributed by atoms with Crippen molar-refractivity contribution in [2.24, 2.45) is 0 Å². The third-order valence-corrected chi connectivity index (χ3v) is 2.49. The average Bonchev–Trinajstić information content (AvgIpc) is 2.75. The van der Waals surface area contributed by atoms with E-state index >= 15 is 0 Å². The quantitative estimate of drug-likeness (QED) is 0.621. The molecule has 2 unspecified atom stereocenters. The molecule has 1 aromatic heterocycles. The Bertz CT molecular complexity index is 434. The number of hydrogen-bond donors (Lipinski definition) is 2. The molecule has 0 saturated heterocycles. The molecule has 6 nitrogen and oxygen atoms in total. The zero-order valence-corrected chi connectivity index (χ0v) is 12.0. The number of H-pyrrole nitrogens is 1. The number of nitrogens with one attached hydrogen (secondary N) is 2. The summed E-state index contributed by atoms with van der Waals surface area (Å²) in [5.41, 5.74) is 0.250. The minimum Gasteiger partial charge on any atom is -0.458 e. The van der Waals surface area contributed by atoms with Crippen molar-refractivity contribution in [3.63, 3.8) is 0 Å². The monoisotopic (exact) mass is 267 g/mol. The zero-order chi connectivity index (χ0) is 14.6. The number of carbonyl (C=O) groups excluding carboxylic acids is 2. The highest BCUT2D eigenvalue weighted by Gasteiger charge is 2.30. The molecule has 0 bridgehead atoms. The van der Waals surface area contributed by atoms with Crippen molar-refractivity contribution in [2.75, 3.05) is 0 Å². The Hall–Kier alpha value is -1.69. The van der Waals surface area contributed by atoms with Crippen molar-refractivity contribution in [3.8, 4) is 0 Å². The lowest BCUT2D eigenvalue weighted by Gasteiger charge is -2.25. The van der Waals surface area contributed by atoms with Crippen LogP contribution in [0.3, 0.4) is 0 Å². The van der Waals surface area contributed by atoms with E-state index in [-0.39, 0.29) is 11.8 Å². The maximum atomic E-state index is 12.0. The molecule has 6 heteroatoms. The number of ketones is 1. The van der Waals surface area contributed by atoms with Gasteiger partial charge in [0.2, 0.25) is 0 Å². The van der Waals surface area contributed by atoms with E-state index in [2.05, 4.69) is 15.5 Å². The number of aromatic nitrogens is 2. The molecule has 1 rings (SSSR count). The SMILES string of the molecule is CC(=O)C(NC(C)c1cn[nH]c1)C(=O)OC(C)(C)C. The summed E-state index contributed by atoms with van der Waals surface area (Å²) in [4.78, 5) is 23.6. The fourth-order valence-electron chi connectivity index (χ4n) is 1.56. The van der Waals surface area contributed by atoms with E-state index in [4.69, 9.17) is 4.74 Å². The Morgan fingerprint density at radius 2 is 2.05 bits per heavy atom. The Kier molecular flexibility index (Phi) is 4.83. The molecular weight excluding hydrogens is 246 g/mol. The van der Waals surface area contributed by atoms with Crippen LogP contribution in [0.15, 0.2) is 12.4 Å². The second kappa shape index (κ2) is 5.97. The molecule has 106 valence electrons. The molecular formula is C13H21N3O3. The maximum Gasteiger partial charge on any atom is 0.331 e. The molecule has 1 aromatic rings.